The van der Waals surface area contributed by atoms with Crippen LogP contribution in [0.4, 0.5) is 0 Å². The molecule has 5 heteroatoms. The van der Waals surface area contributed by atoms with Crippen LogP contribution in [0.15, 0.2) is 53.4 Å². The topological polar surface area (TPSA) is 34.1 Å². The summed E-state index contributed by atoms with van der Waals surface area (Å²) in [6, 6.07) is 12.6. The van der Waals surface area contributed by atoms with Crippen molar-refractivity contribution in [1.29, 1.82) is 0 Å². The highest BCUT2D eigenvalue weighted by molar-refractivity contribution is 7.10. The van der Waals surface area contributed by atoms with E-state index in [1.807, 2.05) is 29.8 Å². The molecule has 114 valence electrons. The fourth-order valence-corrected chi connectivity index (χ4v) is 3.83. The van der Waals surface area contributed by atoms with Crippen LogP contribution in [0.5, 0.6) is 5.75 Å². The third-order valence-corrected chi connectivity index (χ3v) is 5.25. The Morgan fingerprint density at radius 2 is 2.05 bits per heavy atom. The lowest BCUT2D eigenvalue weighted by Crippen LogP contribution is -2.22. The first-order valence-electron chi connectivity index (χ1n) is 7.14. The molecule has 2 heterocycles. The van der Waals surface area contributed by atoms with Gasteiger partial charge in [0.1, 0.15) is 10.8 Å². The van der Waals surface area contributed by atoms with Gasteiger partial charge in [-0.15, -0.1) is 22.7 Å². The van der Waals surface area contributed by atoms with Crippen molar-refractivity contribution >= 4 is 22.7 Å². The van der Waals surface area contributed by atoms with Crippen LogP contribution >= 0.6 is 22.7 Å². The van der Waals surface area contributed by atoms with Gasteiger partial charge in [0, 0.05) is 35.0 Å². The van der Waals surface area contributed by atoms with Crippen LogP contribution in [0.25, 0.3) is 0 Å². The average Bonchev–Trinajstić information content (AvgIpc) is 3.25. The third-order valence-electron chi connectivity index (χ3n) is 3.47. The van der Waals surface area contributed by atoms with E-state index in [4.69, 9.17) is 4.74 Å². The Morgan fingerprint density at radius 3 is 2.77 bits per heavy atom. The van der Waals surface area contributed by atoms with Crippen molar-refractivity contribution in [1.82, 2.24) is 10.3 Å². The summed E-state index contributed by atoms with van der Waals surface area (Å²) in [6.45, 7) is 0.764. The summed E-state index contributed by atoms with van der Waals surface area (Å²) in [5.41, 5.74) is 1.16. The van der Waals surface area contributed by atoms with Gasteiger partial charge in [0.05, 0.1) is 13.2 Å². The molecule has 1 unspecified atom stereocenters. The molecule has 22 heavy (non-hydrogen) atoms. The number of para-hydroxylation sites is 1. The first-order valence-corrected chi connectivity index (χ1v) is 8.90. The number of ether oxygens (including phenoxy) is 1. The number of hydrogen-bond acceptors (Lipinski definition) is 5. The van der Waals surface area contributed by atoms with E-state index in [-0.39, 0.29) is 6.04 Å². The minimum absolute atomic E-state index is 0.226. The van der Waals surface area contributed by atoms with Crippen molar-refractivity contribution in [3.8, 4) is 5.75 Å². The number of thiazole rings is 1. The summed E-state index contributed by atoms with van der Waals surface area (Å²) in [7, 11) is 1.71. The molecule has 1 N–H and O–H groups in total. The Bertz CT molecular complexity index is 681. The molecule has 0 aliphatic carbocycles. The van der Waals surface area contributed by atoms with Crippen LogP contribution < -0.4 is 10.1 Å². The molecule has 0 radical (unpaired) electrons. The lowest BCUT2D eigenvalue weighted by atomic mass is 10.1. The predicted molar refractivity (Wildman–Crippen MR) is 92.7 cm³/mol. The number of nitrogens with zero attached hydrogens (tertiary/aromatic N) is 1. The standard InChI is InChI=1S/C17H18N2OS2/c1-20-16-7-3-2-5-13(16)12-19-15(17-18-8-10-22-17)11-14-6-4-9-21-14/h2-10,15,19H,11-12H2,1H3. The summed E-state index contributed by atoms with van der Waals surface area (Å²) in [5, 5.41) is 8.90. The zero-order valence-corrected chi connectivity index (χ0v) is 14.0. The molecular weight excluding hydrogens is 312 g/mol. The summed E-state index contributed by atoms with van der Waals surface area (Å²) < 4.78 is 5.42. The Hall–Kier alpha value is -1.69. The highest BCUT2D eigenvalue weighted by Crippen LogP contribution is 2.24. The molecule has 3 rings (SSSR count). The van der Waals surface area contributed by atoms with Crippen molar-refractivity contribution < 1.29 is 4.74 Å². The van der Waals surface area contributed by atoms with Gasteiger partial charge < -0.3 is 10.1 Å². The Labute approximate surface area is 138 Å². The number of rotatable bonds is 7. The van der Waals surface area contributed by atoms with Crippen molar-refractivity contribution in [2.45, 2.75) is 19.0 Å². The number of aromatic nitrogens is 1. The minimum Gasteiger partial charge on any atom is -0.496 e. The van der Waals surface area contributed by atoms with Crippen molar-refractivity contribution in [2.75, 3.05) is 7.11 Å². The van der Waals surface area contributed by atoms with E-state index < -0.39 is 0 Å². The second kappa shape index (κ2) is 7.54. The molecule has 0 bridgehead atoms. The van der Waals surface area contributed by atoms with Gasteiger partial charge in [0.2, 0.25) is 0 Å². The lowest BCUT2D eigenvalue weighted by molar-refractivity contribution is 0.405. The van der Waals surface area contributed by atoms with Gasteiger partial charge in [0.15, 0.2) is 0 Å². The maximum Gasteiger partial charge on any atom is 0.123 e. The van der Waals surface area contributed by atoms with E-state index in [1.165, 1.54) is 4.88 Å². The maximum atomic E-state index is 5.42. The monoisotopic (exact) mass is 330 g/mol. The Kier molecular flexibility index (Phi) is 5.21. The largest absolute Gasteiger partial charge is 0.496 e. The van der Waals surface area contributed by atoms with Crippen LogP contribution in [0.1, 0.15) is 21.5 Å². The van der Waals surface area contributed by atoms with E-state index in [2.05, 4.69) is 33.9 Å². The van der Waals surface area contributed by atoms with Crippen LogP contribution in [0, 0.1) is 0 Å². The first kappa shape index (κ1) is 15.2. The third kappa shape index (κ3) is 3.74. The zero-order chi connectivity index (χ0) is 15.2. The van der Waals surface area contributed by atoms with Gasteiger partial charge in [0.25, 0.3) is 0 Å². The van der Waals surface area contributed by atoms with Crippen molar-refractivity contribution in [3.05, 3.63) is 68.8 Å². The fourth-order valence-electron chi connectivity index (χ4n) is 2.37. The summed E-state index contributed by atoms with van der Waals surface area (Å²) in [4.78, 5) is 5.85. The second-order valence-electron chi connectivity index (χ2n) is 4.90. The number of thiophene rings is 1. The average molecular weight is 330 g/mol. The van der Waals surface area contributed by atoms with E-state index in [9.17, 15) is 0 Å². The van der Waals surface area contributed by atoms with Gasteiger partial charge in [-0.1, -0.05) is 24.3 Å². The molecule has 0 saturated heterocycles. The molecule has 3 nitrogen and oxygen atoms in total. The second-order valence-corrected chi connectivity index (χ2v) is 6.86. The van der Waals surface area contributed by atoms with Gasteiger partial charge >= 0.3 is 0 Å². The molecule has 2 aromatic heterocycles. The van der Waals surface area contributed by atoms with Gasteiger partial charge in [-0.05, 0) is 17.5 Å². The molecule has 0 saturated carbocycles. The van der Waals surface area contributed by atoms with Gasteiger partial charge in [-0.2, -0.15) is 0 Å². The highest BCUT2D eigenvalue weighted by Gasteiger charge is 2.16. The van der Waals surface area contributed by atoms with Crippen LogP contribution in [-0.2, 0) is 13.0 Å². The smallest absolute Gasteiger partial charge is 0.123 e. The van der Waals surface area contributed by atoms with E-state index >= 15 is 0 Å². The minimum atomic E-state index is 0.226. The number of benzene rings is 1. The van der Waals surface area contributed by atoms with E-state index in [0.29, 0.717) is 0 Å². The summed E-state index contributed by atoms with van der Waals surface area (Å²) in [6.07, 6.45) is 2.83. The lowest BCUT2D eigenvalue weighted by Gasteiger charge is -2.17. The molecule has 3 aromatic rings. The predicted octanol–water partition coefficient (Wildman–Crippen LogP) is 4.29. The van der Waals surface area contributed by atoms with Crippen molar-refractivity contribution in [3.63, 3.8) is 0 Å². The number of hydrogen-bond donors (Lipinski definition) is 1. The van der Waals surface area contributed by atoms with Gasteiger partial charge in [-0.3, -0.25) is 0 Å². The van der Waals surface area contributed by atoms with E-state index in [0.717, 1.165) is 29.3 Å². The molecule has 1 aromatic carbocycles. The SMILES string of the molecule is COc1ccccc1CNC(Cc1cccs1)c1nccs1. The maximum absolute atomic E-state index is 5.42. The molecule has 0 amide bonds. The molecule has 0 fully saturated rings. The number of methoxy groups -OCH3 is 1. The molecule has 0 aliphatic heterocycles. The zero-order valence-electron chi connectivity index (χ0n) is 12.4. The fraction of sp³-hybridized carbons (Fsp3) is 0.235. The summed E-state index contributed by atoms with van der Waals surface area (Å²) in [5.74, 6) is 0.920. The van der Waals surface area contributed by atoms with Crippen molar-refractivity contribution in [2.24, 2.45) is 0 Å². The molecule has 0 spiro atoms. The molecular formula is C17H18N2OS2. The van der Waals surface area contributed by atoms with Crippen LogP contribution in [0.2, 0.25) is 0 Å². The Balaban J connectivity index is 1.73. The first-order chi connectivity index (χ1) is 10.9. The van der Waals surface area contributed by atoms with Crippen LogP contribution in [-0.4, -0.2) is 12.1 Å². The quantitative estimate of drug-likeness (QED) is 0.702. The van der Waals surface area contributed by atoms with E-state index in [1.54, 1.807) is 29.8 Å². The molecule has 1 atom stereocenters. The molecule has 0 aliphatic rings. The summed E-state index contributed by atoms with van der Waals surface area (Å²) >= 11 is 3.49. The van der Waals surface area contributed by atoms with Crippen LogP contribution in [0.3, 0.4) is 0 Å². The number of nitrogens with one attached hydrogen (secondary N) is 1. The highest BCUT2D eigenvalue weighted by atomic mass is 32.1. The van der Waals surface area contributed by atoms with Gasteiger partial charge in [-0.25, -0.2) is 4.98 Å². The Morgan fingerprint density at radius 1 is 1.14 bits per heavy atom. The normalized spacial score (nSPS) is 12.2.